The van der Waals surface area contributed by atoms with Crippen LogP contribution >= 0.6 is 12.4 Å². The Labute approximate surface area is 148 Å². The zero-order valence-corrected chi connectivity index (χ0v) is 14.2. The predicted molar refractivity (Wildman–Crippen MR) is 96.7 cm³/mol. The molecule has 1 aliphatic rings. The van der Waals surface area contributed by atoms with Crippen molar-refractivity contribution in [3.8, 4) is 11.5 Å². The Bertz CT molecular complexity index is 650. The molecule has 3 atom stereocenters. The smallest absolute Gasteiger partial charge is 0.157 e. The molecule has 0 bridgehead atoms. The fourth-order valence-electron chi connectivity index (χ4n) is 3.27. The van der Waals surface area contributed by atoms with Crippen LogP contribution in [-0.2, 0) is 6.42 Å². The summed E-state index contributed by atoms with van der Waals surface area (Å²) in [4.78, 5) is 0. The van der Waals surface area contributed by atoms with Gasteiger partial charge in [-0.15, -0.1) is 12.4 Å². The van der Waals surface area contributed by atoms with E-state index >= 15 is 0 Å². The number of aliphatic hydroxyl groups is 1. The molecular weight excluding hydrogens is 326 g/mol. The lowest BCUT2D eigenvalue weighted by Crippen LogP contribution is -2.34. The van der Waals surface area contributed by atoms with Crippen LogP contribution in [-0.4, -0.2) is 27.4 Å². The molecule has 0 aliphatic carbocycles. The molecule has 1 aliphatic heterocycles. The van der Waals surface area contributed by atoms with E-state index in [0.717, 1.165) is 25.7 Å². The van der Waals surface area contributed by atoms with Crippen molar-refractivity contribution in [3.63, 3.8) is 0 Å². The van der Waals surface area contributed by atoms with Crippen LogP contribution < -0.4 is 5.32 Å². The van der Waals surface area contributed by atoms with Gasteiger partial charge in [-0.1, -0.05) is 36.4 Å². The van der Waals surface area contributed by atoms with E-state index in [0.29, 0.717) is 11.6 Å². The molecule has 2 aromatic carbocycles. The number of hydrogen-bond donors (Lipinski definition) is 4. The highest BCUT2D eigenvalue weighted by Crippen LogP contribution is 2.32. The highest BCUT2D eigenvalue weighted by molar-refractivity contribution is 5.85. The molecule has 1 fully saturated rings. The third kappa shape index (κ3) is 4.41. The number of phenols is 2. The molecule has 1 saturated heterocycles. The molecule has 0 amide bonds. The van der Waals surface area contributed by atoms with Gasteiger partial charge in [-0.05, 0) is 48.9 Å². The van der Waals surface area contributed by atoms with Gasteiger partial charge >= 0.3 is 0 Å². The van der Waals surface area contributed by atoms with Gasteiger partial charge < -0.3 is 20.6 Å². The minimum atomic E-state index is -0.678. The quantitative estimate of drug-likeness (QED) is 0.625. The van der Waals surface area contributed by atoms with E-state index in [2.05, 4.69) is 29.6 Å². The van der Waals surface area contributed by atoms with Gasteiger partial charge in [0, 0.05) is 12.1 Å². The zero-order chi connectivity index (χ0) is 16.2. The van der Waals surface area contributed by atoms with Crippen LogP contribution in [0.3, 0.4) is 0 Å². The third-order valence-electron chi connectivity index (χ3n) is 4.62. The molecule has 0 radical (unpaired) electrons. The molecule has 5 heteroatoms. The second-order valence-electron chi connectivity index (χ2n) is 6.26. The zero-order valence-electron chi connectivity index (χ0n) is 13.4. The monoisotopic (exact) mass is 349 g/mol. The summed E-state index contributed by atoms with van der Waals surface area (Å²) in [6.07, 6.45) is 3.35. The van der Waals surface area contributed by atoms with Crippen LogP contribution in [0, 0.1) is 0 Å². The minimum Gasteiger partial charge on any atom is -0.504 e. The number of aromatic hydroxyl groups is 2. The van der Waals surface area contributed by atoms with E-state index in [-0.39, 0.29) is 29.9 Å². The summed E-state index contributed by atoms with van der Waals surface area (Å²) in [5, 5.41) is 32.9. The Morgan fingerprint density at radius 2 is 1.75 bits per heavy atom. The molecule has 4 nitrogen and oxygen atoms in total. The maximum Gasteiger partial charge on any atom is 0.157 e. The number of nitrogens with one attached hydrogen (secondary N) is 1. The largest absolute Gasteiger partial charge is 0.504 e. The number of phenolic OH excluding ortho intramolecular Hbond substituents is 2. The van der Waals surface area contributed by atoms with Crippen LogP contribution in [0.2, 0.25) is 0 Å². The first-order chi connectivity index (χ1) is 11.1. The highest BCUT2D eigenvalue weighted by Gasteiger charge is 2.30. The third-order valence-corrected chi connectivity index (χ3v) is 4.62. The van der Waals surface area contributed by atoms with Gasteiger partial charge in [0.25, 0.3) is 0 Å². The second kappa shape index (κ2) is 8.38. The van der Waals surface area contributed by atoms with Crippen molar-refractivity contribution < 1.29 is 15.3 Å². The summed E-state index contributed by atoms with van der Waals surface area (Å²) >= 11 is 0. The maximum atomic E-state index is 10.5. The lowest BCUT2D eigenvalue weighted by molar-refractivity contribution is 0.134. The average Bonchev–Trinajstić information content (AvgIpc) is 3.05. The molecule has 3 rings (SSSR count). The van der Waals surface area contributed by atoms with Crippen molar-refractivity contribution in [2.24, 2.45) is 0 Å². The van der Waals surface area contributed by atoms with Gasteiger partial charge in [0.2, 0.25) is 0 Å². The molecule has 24 heavy (non-hydrogen) atoms. The lowest BCUT2D eigenvalue weighted by Gasteiger charge is -2.21. The summed E-state index contributed by atoms with van der Waals surface area (Å²) < 4.78 is 0. The Balaban J connectivity index is 0.00000208. The van der Waals surface area contributed by atoms with Gasteiger partial charge in [-0.3, -0.25) is 0 Å². The van der Waals surface area contributed by atoms with Gasteiger partial charge in [0.15, 0.2) is 11.5 Å². The Hall–Kier alpha value is -1.75. The minimum absolute atomic E-state index is 0. The number of aliphatic hydroxyl groups excluding tert-OH is 1. The number of halogens is 1. The van der Waals surface area contributed by atoms with Crippen molar-refractivity contribution in [2.75, 3.05) is 0 Å². The molecule has 1 heterocycles. The molecule has 0 spiro atoms. The van der Waals surface area contributed by atoms with Gasteiger partial charge in [-0.2, -0.15) is 0 Å². The Kier molecular flexibility index (Phi) is 6.49. The van der Waals surface area contributed by atoms with Crippen LogP contribution in [0.1, 0.15) is 36.5 Å². The molecule has 0 aromatic heterocycles. The van der Waals surface area contributed by atoms with Crippen molar-refractivity contribution in [2.45, 2.75) is 43.9 Å². The normalized spacial score (nSPS) is 21.2. The number of hydrogen-bond acceptors (Lipinski definition) is 4. The van der Waals surface area contributed by atoms with E-state index in [1.165, 1.54) is 17.7 Å². The summed E-state index contributed by atoms with van der Waals surface area (Å²) in [6, 6.07) is 15.3. The molecule has 0 saturated carbocycles. The summed E-state index contributed by atoms with van der Waals surface area (Å²) in [5.74, 6) is -0.360. The van der Waals surface area contributed by atoms with Gasteiger partial charge in [0.05, 0.1) is 6.10 Å². The van der Waals surface area contributed by atoms with Crippen LogP contribution in [0.15, 0.2) is 48.5 Å². The summed E-state index contributed by atoms with van der Waals surface area (Å²) in [5.41, 5.74) is 1.96. The van der Waals surface area contributed by atoms with Crippen LogP contribution in [0.25, 0.3) is 0 Å². The van der Waals surface area contributed by atoms with E-state index in [1.807, 2.05) is 6.07 Å². The van der Waals surface area contributed by atoms with E-state index in [4.69, 9.17) is 0 Å². The predicted octanol–water partition coefficient (Wildman–Crippen LogP) is 3.31. The van der Waals surface area contributed by atoms with Crippen molar-refractivity contribution in [1.82, 2.24) is 5.32 Å². The highest BCUT2D eigenvalue weighted by atomic mass is 35.5. The van der Waals surface area contributed by atoms with E-state index in [1.54, 1.807) is 6.07 Å². The fourth-order valence-corrected chi connectivity index (χ4v) is 3.27. The molecule has 3 unspecified atom stereocenters. The standard InChI is InChI=1S/C19H23NO3.ClH/c21-17-11-7-14(12-18(17)22)19(23)16-10-9-15(20-16)8-6-13-4-2-1-3-5-13;/h1-5,7,11-12,15-16,19-23H,6,8-10H2;1H. The Morgan fingerprint density at radius 1 is 1.00 bits per heavy atom. The fraction of sp³-hybridized carbons (Fsp3) is 0.368. The lowest BCUT2D eigenvalue weighted by atomic mass is 10.0. The van der Waals surface area contributed by atoms with Crippen molar-refractivity contribution in [1.29, 1.82) is 0 Å². The number of aryl methyl sites for hydroxylation is 1. The van der Waals surface area contributed by atoms with Gasteiger partial charge in [-0.25, -0.2) is 0 Å². The van der Waals surface area contributed by atoms with E-state index in [9.17, 15) is 15.3 Å². The Morgan fingerprint density at radius 3 is 2.46 bits per heavy atom. The maximum absolute atomic E-state index is 10.5. The van der Waals surface area contributed by atoms with Crippen LogP contribution in [0.4, 0.5) is 0 Å². The van der Waals surface area contributed by atoms with Crippen molar-refractivity contribution in [3.05, 3.63) is 59.7 Å². The number of benzene rings is 2. The number of rotatable bonds is 5. The van der Waals surface area contributed by atoms with E-state index < -0.39 is 6.10 Å². The topological polar surface area (TPSA) is 72.7 Å². The molecular formula is C19H24ClNO3. The molecule has 4 N–H and O–H groups in total. The first-order valence-corrected chi connectivity index (χ1v) is 8.13. The molecule has 2 aromatic rings. The van der Waals surface area contributed by atoms with Crippen LogP contribution in [0.5, 0.6) is 11.5 Å². The van der Waals surface area contributed by atoms with Crippen molar-refractivity contribution >= 4 is 12.4 Å². The SMILES string of the molecule is Cl.Oc1ccc(C(O)C2CCC(CCc3ccccc3)N2)cc1O. The summed E-state index contributed by atoms with van der Waals surface area (Å²) in [6.45, 7) is 0. The second-order valence-corrected chi connectivity index (χ2v) is 6.26. The first-order valence-electron chi connectivity index (χ1n) is 8.13. The average molecular weight is 350 g/mol. The van der Waals surface area contributed by atoms with Gasteiger partial charge in [0.1, 0.15) is 0 Å². The first kappa shape index (κ1) is 18.6. The molecule has 130 valence electrons. The summed E-state index contributed by atoms with van der Waals surface area (Å²) in [7, 11) is 0.